The van der Waals surface area contributed by atoms with Crippen molar-refractivity contribution in [1.29, 1.82) is 0 Å². The van der Waals surface area contributed by atoms with E-state index in [2.05, 4.69) is 0 Å². The molecule has 0 radical (unpaired) electrons. The monoisotopic (exact) mass is 318 g/mol. The number of hydrogen-bond acceptors (Lipinski definition) is 7. The van der Waals surface area contributed by atoms with Gasteiger partial charge in [0.15, 0.2) is 23.7 Å². The lowest BCUT2D eigenvalue weighted by atomic mass is 9.92. The molecule has 1 heterocycles. The van der Waals surface area contributed by atoms with E-state index >= 15 is 0 Å². The minimum Gasteiger partial charge on any atom is -0.508 e. The fourth-order valence-electron chi connectivity index (χ4n) is 2.55. The van der Waals surface area contributed by atoms with Gasteiger partial charge in [0.1, 0.15) is 17.1 Å². The average molecular weight is 318 g/mol. The SMILES string of the molecule is COc1c(O)cc(O)c2c1OC(c1ccc(O)cc1)C(O)C2=O. The third kappa shape index (κ3) is 2.31. The molecule has 2 atom stereocenters. The summed E-state index contributed by atoms with van der Waals surface area (Å²) >= 11 is 0. The fraction of sp³-hybridized carbons (Fsp3) is 0.188. The molecule has 2 aromatic carbocycles. The van der Waals surface area contributed by atoms with Crippen molar-refractivity contribution in [2.45, 2.75) is 12.2 Å². The Labute approximate surface area is 131 Å². The number of aromatic hydroxyl groups is 3. The molecule has 1 aliphatic heterocycles. The second kappa shape index (κ2) is 5.36. The fourth-order valence-corrected chi connectivity index (χ4v) is 2.55. The largest absolute Gasteiger partial charge is 0.508 e. The molecule has 0 saturated carbocycles. The van der Waals surface area contributed by atoms with Crippen LogP contribution in [0.4, 0.5) is 0 Å². The highest BCUT2D eigenvalue weighted by molar-refractivity contribution is 6.06. The summed E-state index contributed by atoms with van der Waals surface area (Å²) in [5.74, 6) is -1.87. The number of ether oxygens (including phenoxy) is 2. The second-order valence-corrected chi connectivity index (χ2v) is 5.09. The maximum atomic E-state index is 12.4. The van der Waals surface area contributed by atoms with E-state index in [0.717, 1.165) is 6.07 Å². The molecule has 1 aliphatic rings. The molecule has 0 spiro atoms. The Kier molecular flexibility index (Phi) is 3.49. The molecule has 0 bridgehead atoms. The van der Waals surface area contributed by atoms with Crippen LogP contribution >= 0.6 is 0 Å². The molecule has 120 valence electrons. The van der Waals surface area contributed by atoms with Gasteiger partial charge in [-0.3, -0.25) is 4.79 Å². The van der Waals surface area contributed by atoms with Crippen molar-refractivity contribution in [2.24, 2.45) is 0 Å². The van der Waals surface area contributed by atoms with Gasteiger partial charge in [-0.2, -0.15) is 0 Å². The van der Waals surface area contributed by atoms with Gasteiger partial charge in [-0.15, -0.1) is 0 Å². The van der Waals surface area contributed by atoms with E-state index in [4.69, 9.17) is 9.47 Å². The Hall–Kier alpha value is -2.93. The topological polar surface area (TPSA) is 116 Å². The Bertz CT molecular complexity index is 767. The number of benzene rings is 2. The number of ketones is 1. The minimum absolute atomic E-state index is 0.0265. The van der Waals surface area contributed by atoms with Crippen LogP contribution in [0.2, 0.25) is 0 Å². The lowest BCUT2D eigenvalue weighted by Gasteiger charge is -2.31. The van der Waals surface area contributed by atoms with Crippen LogP contribution in [-0.2, 0) is 0 Å². The van der Waals surface area contributed by atoms with E-state index in [-0.39, 0.29) is 22.8 Å². The molecule has 0 aliphatic carbocycles. The van der Waals surface area contributed by atoms with E-state index < -0.39 is 29.5 Å². The average Bonchev–Trinajstić information content (AvgIpc) is 2.51. The predicted molar refractivity (Wildman–Crippen MR) is 78.1 cm³/mol. The quantitative estimate of drug-likeness (QED) is 0.663. The molecule has 7 heteroatoms. The number of fused-ring (bicyclic) bond motifs is 1. The molecule has 0 fully saturated rings. The van der Waals surface area contributed by atoms with Crippen molar-refractivity contribution >= 4 is 5.78 Å². The van der Waals surface area contributed by atoms with E-state index in [0.29, 0.717) is 5.56 Å². The Morgan fingerprint density at radius 1 is 1.09 bits per heavy atom. The number of hydrogen-bond donors (Lipinski definition) is 4. The summed E-state index contributed by atoms with van der Waals surface area (Å²) in [6.07, 6.45) is -2.61. The standard InChI is InChI=1S/C16H14O7/c1-22-15-10(19)6-9(18)11-12(20)13(21)14(23-16(11)15)7-2-4-8(17)5-3-7/h2-6,13-14,17-19,21H,1H3. The summed E-state index contributed by atoms with van der Waals surface area (Å²) in [6.45, 7) is 0. The first-order valence-corrected chi connectivity index (χ1v) is 6.74. The number of aliphatic hydroxyl groups excluding tert-OH is 1. The lowest BCUT2D eigenvalue weighted by molar-refractivity contribution is 0.0198. The molecule has 7 nitrogen and oxygen atoms in total. The van der Waals surface area contributed by atoms with E-state index in [1.54, 1.807) is 0 Å². The zero-order chi connectivity index (χ0) is 16.7. The minimum atomic E-state index is -1.55. The van der Waals surface area contributed by atoms with Crippen LogP contribution in [0, 0.1) is 0 Å². The maximum Gasteiger partial charge on any atom is 0.204 e. The summed E-state index contributed by atoms with van der Waals surface area (Å²) in [5.41, 5.74) is 0.196. The van der Waals surface area contributed by atoms with Gasteiger partial charge in [-0.25, -0.2) is 0 Å². The summed E-state index contributed by atoms with van der Waals surface area (Å²) in [5, 5.41) is 39.2. The van der Waals surface area contributed by atoms with Crippen LogP contribution in [0.15, 0.2) is 30.3 Å². The van der Waals surface area contributed by atoms with Crippen molar-refractivity contribution < 1.29 is 34.7 Å². The number of phenols is 3. The number of phenolic OH excluding ortho intramolecular Hbond substituents is 3. The molecule has 2 unspecified atom stereocenters. The molecular weight excluding hydrogens is 304 g/mol. The van der Waals surface area contributed by atoms with Crippen LogP contribution in [0.1, 0.15) is 22.0 Å². The van der Waals surface area contributed by atoms with Gasteiger partial charge in [0.05, 0.1) is 7.11 Å². The lowest BCUT2D eigenvalue weighted by Crippen LogP contribution is -2.36. The maximum absolute atomic E-state index is 12.4. The van der Waals surface area contributed by atoms with Crippen molar-refractivity contribution in [2.75, 3.05) is 7.11 Å². The Morgan fingerprint density at radius 2 is 1.74 bits per heavy atom. The van der Waals surface area contributed by atoms with Gasteiger partial charge in [0.2, 0.25) is 11.5 Å². The van der Waals surface area contributed by atoms with Crippen molar-refractivity contribution in [3.05, 3.63) is 41.5 Å². The van der Waals surface area contributed by atoms with Gasteiger partial charge in [-0.1, -0.05) is 12.1 Å². The van der Waals surface area contributed by atoms with Gasteiger partial charge in [0, 0.05) is 6.07 Å². The zero-order valence-corrected chi connectivity index (χ0v) is 12.1. The van der Waals surface area contributed by atoms with Crippen molar-refractivity contribution in [1.82, 2.24) is 0 Å². The van der Waals surface area contributed by atoms with Crippen LogP contribution in [0.5, 0.6) is 28.7 Å². The predicted octanol–water partition coefficient (Wildman–Crippen LogP) is 1.49. The second-order valence-electron chi connectivity index (χ2n) is 5.09. The molecule has 3 rings (SSSR count). The number of Topliss-reactive ketones (excluding diaryl/α,β-unsaturated/α-hetero) is 1. The smallest absolute Gasteiger partial charge is 0.204 e. The van der Waals surface area contributed by atoms with Crippen LogP contribution in [0.3, 0.4) is 0 Å². The van der Waals surface area contributed by atoms with Gasteiger partial charge in [0.25, 0.3) is 0 Å². The third-order valence-electron chi connectivity index (χ3n) is 3.67. The highest BCUT2D eigenvalue weighted by Gasteiger charge is 2.41. The highest BCUT2D eigenvalue weighted by Crippen LogP contribution is 2.49. The summed E-state index contributed by atoms with van der Waals surface area (Å²) in [4.78, 5) is 12.4. The van der Waals surface area contributed by atoms with Crippen LogP contribution < -0.4 is 9.47 Å². The summed E-state index contributed by atoms with van der Waals surface area (Å²) in [7, 11) is 1.28. The molecule has 4 N–H and O–H groups in total. The summed E-state index contributed by atoms with van der Waals surface area (Å²) < 4.78 is 10.7. The first-order chi connectivity index (χ1) is 10.9. The number of carbonyl (C=O) groups excluding carboxylic acids is 1. The number of rotatable bonds is 2. The van der Waals surface area contributed by atoms with Crippen molar-refractivity contribution in [3.8, 4) is 28.7 Å². The zero-order valence-electron chi connectivity index (χ0n) is 12.1. The first kappa shape index (κ1) is 15.0. The molecule has 0 aromatic heterocycles. The molecule has 0 saturated heterocycles. The van der Waals surface area contributed by atoms with Gasteiger partial charge in [-0.05, 0) is 17.7 Å². The number of methoxy groups -OCH3 is 1. The number of aliphatic hydroxyl groups is 1. The first-order valence-electron chi connectivity index (χ1n) is 6.74. The van der Waals surface area contributed by atoms with Crippen LogP contribution in [0.25, 0.3) is 0 Å². The van der Waals surface area contributed by atoms with E-state index in [1.807, 2.05) is 0 Å². The summed E-state index contributed by atoms with van der Waals surface area (Å²) in [6, 6.07) is 6.73. The van der Waals surface area contributed by atoms with Gasteiger partial charge < -0.3 is 29.9 Å². The van der Waals surface area contributed by atoms with E-state index in [9.17, 15) is 25.2 Å². The van der Waals surface area contributed by atoms with Crippen molar-refractivity contribution in [3.63, 3.8) is 0 Å². The molecular formula is C16H14O7. The third-order valence-corrected chi connectivity index (χ3v) is 3.67. The molecule has 23 heavy (non-hydrogen) atoms. The van der Waals surface area contributed by atoms with Gasteiger partial charge >= 0.3 is 0 Å². The highest BCUT2D eigenvalue weighted by atomic mass is 16.5. The molecule has 2 aromatic rings. The Balaban J connectivity index is 2.14. The molecule has 0 amide bonds. The Morgan fingerprint density at radius 3 is 2.35 bits per heavy atom. The van der Waals surface area contributed by atoms with E-state index in [1.165, 1.54) is 31.4 Å². The number of carbonyl (C=O) groups is 1. The normalized spacial score (nSPS) is 19.8. The van der Waals surface area contributed by atoms with Crippen LogP contribution in [-0.4, -0.2) is 39.4 Å².